The van der Waals surface area contributed by atoms with E-state index < -0.39 is 12.2 Å². The topological polar surface area (TPSA) is 62.1 Å². The molecule has 2 fully saturated rings. The van der Waals surface area contributed by atoms with Crippen LogP contribution in [-0.2, 0) is 9.53 Å². The van der Waals surface area contributed by atoms with E-state index in [2.05, 4.69) is 24.8 Å². The summed E-state index contributed by atoms with van der Waals surface area (Å²) in [5.74, 6) is 0.935. The van der Waals surface area contributed by atoms with Crippen LogP contribution in [0, 0.1) is 17.7 Å². The molecular weight excluding hydrogens is 407 g/mol. The van der Waals surface area contributed by atoms with Crippen LogP contribution >= 0.6 is 0 Å². The van der Waals surface area contributed by atoms with Gasteiger partial charge in [-0.25, -0.2) is 9.38 Å². The second-order valence-electron chi connectivity index (χ2n) is 9.42. The van der Waals surface area contributed by atoms with E-state index in [9.17, 15) is 14.3 Å². The second-order valence-corrected chi connectivity index (χ2v) is 9.42. The molecule has 1 saturated heterocycles. The molecule has 5 nitrogen and oxygen atoms in total. The molecule has 3 aliphatic rings. The second kappa shape index (κ2) is 9.99. The van der Waals surface area contributed by atoms with Gasteiger partial charge in [-0.15, -0.1) is 0 Å². The Labute approximate surface area is 189 Å². The zero-order valence-corrected chi connectivity index (χ0v) is 18.9. The number of ether oxygens (including phenoxy) is 1. The van der Waals surface area contributed by atoms with Crippen molar-refractivity contribution in [2.45, 2.75) is 77.0 Å². The SMILES string of the molecule is CC(C)C1=NC(C2CCCCC2)=CC(c2ccc(F)cc2)N1/C=C/[C@@H]1C[C@@H](O)CC(=O)O1. The van der Waals surface area contributed by atoms with Gasteiger partial charge in [0.15, 0.2) is 0 Å². The number of aliphatic imine (C=N–C) groups is 1. The maximum absolute atomic E-state index is 13.6. The highest BCUT2D eigenvalue weighted by Gasteiger charge is 2.31. The first-order chi connectivity index (χ1) is 15.4. The maximum atomic E-state index is 13.6. The van der Waals surface area contributed by atoms with Crippen molar-refractivity contribution in [2.24, 2.45) is 16.8 Å². The largest absolute Gasteiger partial charge is 0.458 e. The van der Waals surface area contributed by atoms with Crippen LogP contribution in [0.5, 0.6) is 0 Å². The summed E-state index contributed by atoms with van der Waals surface area (Å²) in [6.45, 7) is 4.24. The Morgan fingerprint density at radius 1 is 1.19 bits per heavy atom. The number of halogens is 1. The fourth-order valence-electron chi connectivity index (χ4n) is 4.87. The molecule has 4 rings (SSSR count). The molecule has 0 amide bonds. The highest BCUT2D eigenvalue weighted by Crippen LogP contribution is 2.38. The van der Waals surface area contributed by atoms with Crippen LogP contribution < -0.4 is 0 Å². The summed E-state index contributed by atoms with van der Waals surface area (Å²) >= 11 is 0. The van der Waals surface area contributed by atoms with Gasteiger partial charge >= 0.3 is 5.97 Å². The van der Waals surface area contributed by atoms with E-state index >= 15 is 0 Å². The number of amidine groups is 1. The number of allylic oxidation sites excluding steroid dienone is 1. The number of cyclic esters (lactones) is 1. The summed E-state index contributed by atoms with van der Waals surface area (Å²) < 4.78 is 19.0. The molecule has 32 heavy (non-hydrogen) atoms. The van der Waals surface area contributed by atoms with Gasteiger partial charge in [0.25, 0.3) is 0 Å². The van der Waals surface area contributed by atoms with Gasteiger partial charge in [-0.05, 0) is 42.7 Å². The van der Waals surface area contributed by atoms with Gasteiger partial charge in [-0.2, -0.15) is 0 Å². The van der Waals surface area contributed by atoms with Crippen molar-refractivity contribution < 1.29 is 19.0 Å². The van der Waals surface area contributed by atoms with Crippen LogP contribution in [0.2, 0.25) is 0 Å². The number of hydrogen-bond acceptors (Lipinski definition) is 5. The third kappa shape index (κ3) is 5.29. The van der Waals surface area contributed by atoms with Gasteiger partial charge in [0.1, 0.15) is 17.8 Å². The molecule has 1 N–H and O–H groups in total. The third-order valence-electron chi connectivity index (χ3n) is 6.54. The fraction of sp³-hybridized carbons (Fsp3) is 0.538. The van der Waals surface area contributed by atoms with Crippen molar-refractivity contribution in [1.29, 1.82) is 0 Å². The third-order valence-corrected chi connectivity index (χ3v) is 6.54. The number of aliphatic hydroxyl groups excluding tert-OH is 1. The van der Waals surface area contributed by atoms with Crippen molar-refractivity contribution in [3.63, 3.8) is 0 Å². The molecule has 0 spiro atoms. The lowest BCUT2D eigenvalue weighted by atomic mass is 9.85. The van der Waals surface area contributed by atoms with Crippen LogP contribution in [0.4, 0.5) is 4.39 Å². The number of hydrogen-bond donors (Lipinski definition) is 1. The molecular formula is C26H33FN2O3. The Kier molecular flexibility index (Phi) is 7.09. The fourth-order valence-corrected chi connectivity index (χ4v) is 4.87. The predicted molar refractivity (Wildman–Crippen MR) is 122 cm³/mol. The van der Waals surface area contributed by atoms with Crippen molar-refractivity contribution >= 4 is 11.8 Å². The minimum Gasteiger partial charge on any atom is -0.458 e. The van der Waals surface area contributed by atoms with Crippen LogP contribution in [0.15, 0.2) is 53.3 Å². The van der Waals surface area contributed by atoms with E-state index in [4.69, 9.17) is 9.73 Å². The number of carbonyl (C=O) groups is 1. The monoisotopic (exact) mass is 440 g/mol. The van der Waals surface area contributed by atoms with Gasteiger partial charge in [-0.3, -0.25) is 4.79 Å². The quantitative estimate of drug-likeness (QED) is 0.633. The lowest BCUT2D eigenvalue weighted by Crippen LogP contribution is -2.37. The Hall–Kier alpha value is -2.47. The Bertz CT molecular complexity index is 900. The van der Waals surface area contributed by atoms with E-state index in [1.54, 1.807) is 0 Å². The average molecular weight is 441 g/mol. The van der Waals surface area contributed by atoms with Crippen LogP contribution in [-0.4, -0.2) is 34.0 Å². The first-order valence-corrected chi connectivity index (χ1v) is 11.8. The lowest BCUT2D eigenvalue weighted by molar-refractivity contribution is -0.156. The number of esters is 1. The zero-order valence-electron chi connectivity index (χ0n) is 18.9. The van der Waals surface area contributed by atoms with Crippen LogP contribution in [0.25, 0.3) is 0 Å². The van der Waals surface area contributed by atoms with E-state index in [1.807, 2.05) is 24.4 Å². The van der Waals surface area contributed by atoms with Gasteiger partial charge in [0, 0.05) is 30.2 Å². The number of rotatable bonds is 5. The summed E-state index contributed by atoms with van der Waals surface area (Å²) in [6, 6.07) is 6.51. The highest BCUT2D eigenvalue weighted by molar-refractivity contribution is 5.87. The molecule has 0 radical (unpaired) electrons. The van der Waals surface area contributed by atoms with Crippen LogP contribution in [0.3, 0.4) is 0 Å². The Balaban J connectivity index is 1.68. The molecule has 2 heterocycles. The van der Waals surface area contributed by atoms with Crippen molar-refractivity contribution in [2.75, 3.05) is 0 Å². The number of benzene rings is 1. The van der Waals surface area contributed by atoms with Crippen molar-refractivity contribution in [3.8, 4) is 0 Å². The Morgan fingerprint density at radius 3 is 2.56 bits per heavy atom. The minimum absolute atomic E-state index is 0.0401. The molecule has 0 bridgehead atoms. The number of aliphatic hydroxyl groups is 1. The molecule has 2 aliphatic heterocycles. The number of carbonyl (C=O) groups excluding carboxylic acids is 1. The molecule has 172 valence electrons. The van der Waals surface area contributed by atoms with Gasteiger partial charge in [0.2, 0.25) is 0 Å². The Morgan fingerprint density at radius 2 is 1.91 bits per heavy atom. The van der Waals surface area contributed by atoms with Gasteiger partial charge in [0.05, 0.1) is 18.6 Å². The van der Waals surface area contributed by atoms with Gasteiger partial charge < -0.3 is 14.7 Å². The van der Waals surface area contributed by atoms with E-state index in [1.165, 1.54) is 31.4 Å². The maximum Gasteiger partial charge on any atom is 0.309 e. The molecule has 6 heteroatoms. The molecule has 1 saturated carbocycles. The van der Waals surface area contributed by atoms with Crippen molar-refractivity contribution in [3.05, 3.63) is 59.7 Å². The zero-order chi connectivity index (χ0) is 22.7. The first kappa shape index (κ1) is 22.7. The summed E-state index contributed by atoms with van der Waals surface area (Å²) in [5.41, 5.74) is 2.12. The summed E-state index contributed by atoms with van der Waals surface area (Å²) in [4.78, 5) is 18.9. The molecule has 3 atom stereocenters. The molecule has 1 aromatic rings. The highest BCUT2D eigenvalue weighted by atomic mass is 19.1. The molecule has 1 aliphatic carbocycles. The minimum atomic E-state index is -0.684. The smallest absolute Gasteiger partial charge is 0.309 e. The number of nitrogens with zero attached hydrogens (tertiary/aromatic N) is 2. The standard InChI is InChI=1S/C26H33FN2O3/c1-17(2)26-28-23(18-6-4-3-5-7-18)16-24(19-8-10-20(27)11-9-19)29(26)13-12-22-14-21(30)15-25(31)32-22/h8-13,16-18,21-22,24,30H,3-7,14-15H2,1-2H3/b13-12+/t21-,22-,24?/m1/s1. The summed E-state index contributed by atoms with van der Waals surface area (Å²) in [7, 11) is 0. The normalized spacial score (nSPS) is 27.5. The lowest BCUT2D eigenvalue weighted by Gasteiger charge is -2.38. The first-order valence-electron chi connectivity index (χ1n) is 11.8. The summed E-state index contributed by atoms with van der Waals surface area (Å²) in [5, 5.41) is 9.95. The predicted octanol–water partition coefficient (Wildman–Crippen LogP) is 5.28. The molecule has 1 unspecified atom stereocenters. The van der Waals surface area contributed by atoms with E-state index in [0.29, 0.717) is 12.3 Å². The summed E-state index contributed by atoms with van der Waals surface area (Å²) in [6.07, 6.45) is 11.3. The van der Waals surface area contributed by atoms with E-state index in [0.717, 1.165) is 29.9 Å². The van der Waals surface area contributed by atoms with Crippen LogP contribution in [0.1, 0.15) is 70.4 Å². The van der Waals surface area contributed by atoms with Crippen molar-refractivity contribution in [1.82, 2.24) is 4.90 Å². The average Bonchev–Trinajstić information content (AvgIpc) is 2.77. The van der Waals surface area contributed by atoms with Gasteiger partial charge in [-0.1, -0.05) is 45.2 Å². The van der Waals surface area contributed by atoms with E-state index in [-0.39, 0.29) is 30.2 Å². The molecule has 1 aromatic carbocycles. The molecule has 0 aromatic heterocycles.